The molecule has 0 unspecified atom stereocenters. The van der Waals surface area contributed by atoms with E-state index in [1.807, 2.05) is 0 Å². The van der Waals surface area contributed by atoms with E-state index >= 15 is 0 Å². The molecule has 4 aromatic rings. The van der Waals surface area contributed by atoms with E-state index in [2.05, 4.69) is 86.6 Å². The van der Waals surface area contributed by atoms with Crippen molar-refractivity contribution in [2.45, 2.75) is 26.7 Å². The molecule has 0 heterocycles. The molecule has 0 nitrogen and oxygen atoms in total. The van der Waals surface area contributed by atoms with Crippen molar-refractivity contribution in [2.75, 3.05) is 0 Å². The second-order valence-corrected chi connectivity index (χ2v) is 5.60. The van der Waals surface area contributed by atoms with E-state index in [-0.39, 0.29) is 26.2 Å². The number of fused-ring (bicyclic) bond motifs is 2. The van der Waals surface area contributed by atoms with Crippen LogP contribution in [-0.4, -0.2) is 0 Å². The summed E-state index contributed by atoms with van der Waals surface area (Å²) in [5.74, 6) is 0. The van der Waals surface area contributed by atoms with Gasteiger partial charge in [-0.05, 0) is 0 Å². The third-order valence-corrected chi connectivity index (χ3v) is 4.30. The van der Waals surface area contributed by atoms with Crippen LogP contribution in [0.4, 0.5) is 0 Å². The van der Waals surface area contributed by atoms with Crippen molar-refractivity contribution in [3.8, 4) is 0 Å². The number of aryl methyl sites for hydroxylation is 2. The van der Waals surface area contributed by atoms with Gasteiger partial charge in [0.1, 0.15) is 0 Å². The smallest absolute Gasteiger partial charge is 0.168 e. The average molecular weight is 378 g/mol. The van der Waals surface area contributed by atoms with E-state index in [0.717, 1.165) is 12.8 Å². The van der Waals surface area contributed by atoms with Crippen LogP contribution in [0, 0.1) is 0 Å². The van der Waals surface area contributed by atoms with E-state index in [1.165, 1.54) is 32.7 Å². The molecule has 0 aliphatic heterocycles. The third kappa shape index (κ3) is 3.90. The van der Waals surface area contributed by atoms with Gasteiger partial charge in [0.2, 0.25) is 0 Å². The Morgan fingerprint density at radius 1 is 0.609 bits per heavy atom. The third-order valence-electron chi connectivity index (χ3n) is 4.30. The Morgan fingerprint density at radius 3 is 1.39 bits per heavy atom. The first-order valence-electron chi connectivity index (χ1n) is 8.10. The van der Waals surface area contributed by atoms with Crippen molar-refractivity contribution in [3.63, 3.8) is 0 Å². The summed E-state index contributed by atoms with van der Waals surface area (Å²) in [4.78, 5) is 0. The van der Waals surface area contributed by atoms with Gasteiger partial charge in [0.05, 0.1) is 0 Å². The zero-order chi connectivity index (χ0) is 15.4. The normalized spacial score (nSPS) is 10.2. The van der Waals surface area contributed by atoms with Crippen molar-refractivity contribution >= 4 is 21.5 Å². The average Bonchev–Trinajstić information content (AvgIpc) is 3.19. The van der Waals surface area contributed by atoms with Crippen LogP contribution in [0.2, 0.25) is 0 Å². The maximum absolute atomic E-state index is 2.21. The Morgan fingerprint density at radius 2 is 1.00 bits per heavy atom. The molecular formula is C22H22Zr. The number of benzene rings is 2. The Hall–Kier alpha value is -1.46. The number of hydrogen-bond donors (Lipinski definition) is 0. The molecule has 0 aliphatic rings. The van der Waals surface area contributed by atoms with Gasteiger partial charge in [-0.1, -0.05) is 38.8 Å². The van der Waals surface area contributed by atoms with Gasteiger partial charge in [0, 0.05) is 0 Å². The van der Waals surface area contributed by atoms with Crippen LogP contribution in [0.5, 0.6) is 0 Å². The summed E-state index contributed by atoms with van der Waals surface area (Å²) < 4.78 is 0. The second-order valence-electron chi connectivity index (χ2n) is 5.60. The Bertz CT molecular complexity index is 790. The van der Waals surface area contributed by atoms with Crippen LogP contribution in [0.3, 0.4) is 0 Å². The van der Waals surface area contributed by atoms with Crippen LogP contribution in [0.15, 0.2) is 72.8 Å². The Balaban J connectivity index is 0.000000160. The fraction of sp³-hybridized carbons (Fsp3) is 0.182. The molecule has 0 aliphatic carbocycles. The number of hydrogen-bond acceptors (Lipinski definition) is 0. The fourth-order valence-corrected chi connectivity index (χ4v) is 3.05. The van der Waals surface area contributed by atoms with E-state index in [9.17, 15) is 0 Å². The molecule has 4 rings (SSSR count). The fourth-order valence-electron chi connectivity index (χ4n) is 3.05. The first kappa shape index (κ1) is 17.9. The van der Waals surface area contributed by atoms with Crippen molar-refractivity contribution < 1.29 is 26.2 Å². The molecule has 4 aromatic carbocycles. The van der Waals surface area contributed by atoms with Crippen LogP contribution < -0.4 is 0 Å². The Kier molecular flexibility index (Phi) is 6.54. The molecule has 0 aromatic heterocycles. The largest absolute Gasteiger partial charge is 2.00 e. The molecule has 114 valence electrons. The molecule has 0 saturated heterocycles. The molecule has 0 fully saturated rings. The molecule has 0 radical (unpaired) electrons. The molecule has 23 heavy (non-hydrogen) atoms. The summed E-state index contributed by atoms with van der Waals surface area (Å²) in [6.07, 6.45) is 2.26. The van der Waals surface area contributed by atoms with E-state index in [4.69, 9.17) is 0 Å². The van der Waals surface area contributed by atoms with Gasteiger partial charge in [0.15, 0.2) is 0 Å². The molecule has 0 saturated carbocycles. The minimum atomic E-state index is 0. The molecule has 1 heteroatoms. The molecular weight excluding hydrogens is 355 g/mol. The van der Waals surface area contributed by atoms with Crippen molar-refractivity contribution in [1.29, 1.82) is 0 Å². The molecule has 0 N–H and O–H groups in total. The molecule has 0 amide bonds. The molecule has 0 atom stereocenters. The zero-order valence-corrected chi connectivity index (χ0v) is 16.3. The monoisotopic (exact) mass is 376 g/mol. The van der Waals surface area contributed by atoms with Crippen molar-refractivity contribution in [3.05, 3.63) is 83.9 Å². The summed E-state index contributed by atoms with van der Waals surface area (Å²) in [5, 5.41) is 5.55. The van der Waals surface area contributed by atoms with Crippen LogP contribution in [0.1, 0.15) is 25.0 Å². The minimum Gasteiger partial charge on any atom is -0.168 e. The van der Waals surface area contributed by atoms with Crippen molar-refractivity contribution in [1.82, 2.24) is 0 Å². The SMILES string of the molecule is CC[c-]1ccc2ccccc21.CC[c-]1ccc2ccccc21.[Zr+2]. The summed E-state index contributed by atoms with van der Waals surface area (Å²) in [5.41, 5.74) is 2.92. The van der Waals surface area contributed by atoms with Gasteiger partial charge < -0.3 is 0 Å². The Labute approximate surface area is 158 Å². The standard InChI is InChI=1S/2C11H11.Zr/c2*1-2-9-7-8-10-5-3-4-6-11(9)10;/h2*3-8H,2H2,1H3;/q2*-1;+2. The van der Waals surface area contributed by atoms with Gasteiger partial charge in [-0.15, -0.1) is 81.2 Å². The topological polar surface area (TPSA) is 0 Å². The predicted octanol–water partition coefficient (Wildman–Crippen LogP) is 6.24. The van der Waals surface area contributed by atoms with Crippen molar-refractivity contribution in [2.24, 2.45) is 0 Å². The maximum Gasteiger partial charge on any atom is 2.00 e. The quantitative estimate of drug-likeness (QED) is 0.363. The van der Waals surface area contributed by atoms with E-state index in [1.54, 1.807) is 0 Å². The minimum absolute atomic E-state index is 0. The van der Waals surface area contributed by atoms with Crippen LogP contribution in [-0.2, 0) is 39.0 Å². The first-order valence-corrected chi connectivity index (χ1v) is 8.10. The van der Waals surface area contributed by atoms with Gasteiger partial charge in [-0.25, -0.2) is 0 Å². The zero-order valence-electron chi connectivity index (χ0n) is 13.8. The second kappa shape index (κ2) is 8.41. The summed E-state index contributed by atoms with van der Waals surface area (Å²) in [6, 6.07) is 25.9. The first-order chi connectivity index (χ1) is 10.8. The van der Waals surface area contributed by atoms with Gasteiger partial charge in [0.25, 0.3) is 0 Å². The number of rotatable bonds is 2. The van der Waals surface area contributed by atoms with Crippen LogP contribution in [0.25, 0.3) is 21.5 Å². The van der Waals surface area contributed by atoms with Gasteiger partial charge >= 0.3 is 26.2 Å². The predicted molar refractivity (Wildman–Crippen MR) is 97.8 cm³/mol. The summed E-state index contributed by atoms with van der Waals surface area (Å²) >= 11 is 0. The van der Waals surface area contributed by atoms with Gasteiger partial charge in [-0.3, -0.25) is 0 Å². The molecule has 0 spiro atoms. The van der Waals surface area contributed by atoms with E-state index < -0.39 is 0 Å². The summed E-state index contributed by atoms with van der Waals surface area (Å²) in [7, 11) is 0. The maximum atomic E-state index is 2.21. The van der Waals surface area contributed by atoms with Gasteiger partial charge in [-0.2, -0.15) is 12.1 Å². The van der Waals surface area contributed by atoms with Crippen LogP contribution >= 0.6 is 0 Å². The summed E-state index contributed by atoms with van der Waals surface area (Å²) in [6.45, 7) is 4.39. The van der Waals surface area contributed by atoms with E-state index in [0.29, 0.717) is 0 Å². The molecule has 0 bridgehead atoms.